The first kappa shape index (κ1) is 17.7. The van der Waals surface area contributed by atoms with Gasteiger partial charge in [-0.25, -0.2) is 4.98 Å². The van der Waals surface area contributed by atoms with E-state index in [4.69, 9.17) is 5.73 Å². The molecule has 1 rings (SSSR count). The van der Waals surface area contributed by atoms with Crippen molar-refractivity contribution in [1.82, 2.24) is 10.3 Å². The van der Waals surface area contributed by atoms with Crippen LogP contribution in [0, 0.1) is 5.92 Å². The van der Waals surface area contributed by atoms with Gasteiger partial charge in [0.1, 0.15) is 5.82 Å². The van der Waals surface area contributed by atoms with Crippen LogP contribution in [0.5, 0.6) is 0 Å². The summed E-state index contributed by atoms with van der Waals surface area (Å²) in [6, 6.07) is 5.29. The van der Waals surface area contributed by atoms with E-state index in [1.807, 2.05) is 32.0 Å². The molecule has 0 unspecified atom stereocenters. The highest BCUT2D eigenvalue weighted by molar-refractivity contribution is 5.85. The predicted octanol–water partition coefficient (Wildman–Crippen LogP) is 1.40. The number of carbonyl (C=O) groups is 1. The molecule has 0 bridgehead atoms. The Morgan fingerprint density at radius 2 is 2.11 bits per heavy atom. The SMILES string of the molecule is CC(C)[C@H](N)C(=O)NCCCNc1ccccn1.Cl. The predicted molar refractivity (Wildman–Crippen MR) is 80.4 cm³/mol. The fraction of sp³-hybridized carbons (Fsp3) is 0.538. The largest absolute Gasteiger partial charge is 0.370 e. The lowest BCUT2D eigenvalue weighted by molar-refractivity contribution is -0.123. The van der Waals surface area contributed by atoms with Gasteiger partial charge in [0.05, 0.1) is 6.04 Å². The summed E-state index contributed by atoms with van der Waals surface area (Å²) < 4.78 is 0. The molecule has 0 aliphatic rings. The second kappa shape index (κ2) is 9.58. The van der Waals surface area contributed by atoms with Crippen LogP contribution in [-0.4, -0.2) is 30.0 Å². The highest BCUT2D eigenvalue weighted by atomic mass is 35.5. The highest BCUT2D eigenvalue weighted by Gasteiger charge is 2.15. The molecule has 0 aromatic carbocycles. The monoisotopic (exact) mass is 286 g/mol. The molecular weight excluding hydrogens is 264 g/mol. The third-order valence-corrected chi connectivity index (χ3v) is 2.64. The fourth-order valence-corrected chi connectivity index (χ4v) is 1.40. The van der Waals surface area contributed by atoms with Crippen LogP contribution < -0.4 is 16.4 Å². The third kappa shape index (κ3) is 6.98. The summed E-state index contributed by atoms with van der Waals surface area (Å²) in [7, 11) is 0. The van der Waals surface area contributed by atoms with Gasteiger partial charge in [-0.3, -0.25) is 4.79 Å². The Balaban J connectivity index is 0.00000324. The first-order valence-electron chi connectivity index (χ1n) is 6.29. The summed E-state index contributed by atoms with van der Waals surface area (Å²) in [5, 5.41) is 6.00. The zero-order chi connectivity index (χ0) is 13.4. The number of hydrogen-bond acceptors (Lipinski definition) is 4. The Hall–Kier alpha value is -1.33. The molecular formula is C13H23ClN4O. The molecule has 1 atom stereocenters. The number of nitrogens with two attached hydrogens (primary N) is 1. The van der Waals surface area contributed by atoms with Crippen LogP contribution >= 0.6 is 12.4 Å². The van der Waals surface area contributed by atoms with E-state index in [1.165, 1.54) is 0 Å². The number of hydrogen-bond donors (Lipinski definition) is 3. The van der Waals surface area contributed by atoms with Crippen molar-refractivity contribution >= 4 is 24.1 Å². The van der Waals surface area contributed by atoms with Crippen LogP contribution in [0.25, 0.3) is 0 Å². The van der Waals surface area contributed by atoms with Gasteiger partial charge in [0.2, 0.25) is 5.91 Å². The molecule has 1 aromatic heterocycles. The van der Waals surface area contributed by atoms with Crippen LogP contribution in [0.15, 0.2) is 24.4 Å². The van der Waals surface area contributed by atoms with E-state index >= 15 is 0 Å². The van der Waals surface area contributed by atoms with Gasteiger partial charge in [-0.2, -0.15) is 0 Å². The first-order chi connectivity index (χ1) is 8.61. The second-order valence-corrected chi connectivity index (χ2v) is 4.56. The number of rotatable bonds is 7. The van der Waals surface area contributed by atoms with Crippen molar-refractivity contribution in [3.63, 3.8) is 0 Å². The fourth-order valence-electron chi connectivity index (χ4n) is 1.40. The van der Waals surface area contributed by atoms with Crippen LogP contribution in [0.1, 0.15) is 20.3 Å². The lowest BCUT2D eigenvalue weighted by Crippen LogP contribution is -2.44. The zero-order valence-electron chi connectivity index (χ0n) is 11.4. The van der Waals surface area contributed by atoms with Crippen molar-refractivity contribution in [2.45, 2.75) is 26.3 Å². The van der Waals surface area contributed by atoms with E-state index in [0.29, 0.717) is 6.54 Å². The normalized spacial score (nSPS) is 11.6. The average Bonchev–Trinajstić information content (AvgIpc) is 2.38. The molecule has 108 valence electrons. The van der Waals surface area contributed by atoms with E-state index < -0.39 is 6.04 Å². The molecule has 5 nitrogen and oxygen atoms in total. The van der Waals surface area contributed by atoms with Crippen molar-refractivity contribution < 1.29 is 4.79 Å². The maximum atomic E-state index is 11.5. The van der Waals surface area contributed by atoms with Crippen molar-refractivity contribution in [1.29, 1.82) is 0 Å². The second-order valence-electron chi connectivity index (χ2n) is 4.56. The van der Waals surface area contributed by atoms with Gasteiger partial charge in [0.15, 0.2) is 0 Å². The molecule has 19 heavy (non-hydrogen) atoms. The van der Waals surface area contributed by atoms with Gasteiger partial charge in [0, 0.05) is 19.3 Å². The van der Waals surface area contributed by atoms with Gasteiger partial charge >= 0.3 is 0 Å². The van der Waals surface area contributed by atoms with Crippen molar-refractivity contribution in [2.24, 2.45) is 11.7 Å². The summed E-state index contributed by atoms with van der Waals surface area (Å²) in [5.41, 5.74) is 5.73. The molecule has 0 spiro atoms. The molecule has 4 N–H and O–H groups in total. The van der Waals surface area contributed by atoms with Crippen LogP contribution in [0.2, 0.25) is 0 Å². The van der Waals surface area contributed by atoms with Gasteiger partial charge in [-0.05, 0) is 24.5 Å². The number of amides is 1. The number of nitrogens with one attached hydrogen (secondary N) is 2. The minimum atomic E-state index is -0.422. The zero-order valence-corrected chi connectivity index (χ0v) is 12.2. The summed E-state index contributed by atoms with van der Waals surface area (Å²) >= 11 is 0. The summed E-state index contributed by atoms with van der Waals surface area (Å²) in [5.74, 6) is 0.933. The molecule has 1 aromatic rings. The number of pyridine rings is 1. The number of aromatic nitrogens is 1. The Bertz CT molecular complexity index is 359. The minimum Gasteiger partial charge on any atom is -0.370 e. The number of halogens is 1. The van der Waals surface area contributed by atoms with Crippen LogP contribution in [0.3, 0.4) is 0 Å². The van der Waals surface area contributed by atoms with Gasteiger partial charge in [0.25, 0.3) is 0 Å². The molecule has 1 heterocycles. The van der Waals surface area contributed by atoms with E-state index in [0.717, 1.165) is 18.8 Å². The molecule has 0 saturated carbocycles. The van der Waals surface area contributed by atoms with Crippen LogP contribution in [-0.2, 0) is 4.79 Å². The van der Waals surface area contributed by atoms with Crippen molar-refractivity contribution in [2.75, 3.05) is 18.4 Å². The number of carbonyl (C=O) groups excluding carboxylic acids is 1. The Kier molecular flexibility index (Phi) is 8.91. The van der Waals surface area contributed by atoms with Crippen molar-refractivity contribution in [3.05, 3.63) is 24.4 Å². The summed E-state index contributed by atoms with van der Waals surface area (Å²) in [6.07, 6.45) is 2.58. The molecule has 0 fully saturated rings. The minimum absolute atomic E-state index is 0. The number of anilines is 1. The van der Waals surface area contributed by atoms with E-state index in [9.17, 15) is 4.79 Å². The summed E-state index contributed by atoms with van der Waals surface area (Å²) in [6.45, 7) is 5.27. The molecule has 0 saturated heterocycles. The quantitative estimate of drug-likeness (QED) is 0.662. The van der Waals surface area contributed by atoms with E-state index in [-0.39, 0.29) is 24.2 Å². The van der Waals surface area contributed by atoms with Gasteiger partial charge < -0.3 is 16.4 Å². The molecule has 1 amide bonds. The average molecular weight is 287 g/mol. The Morgan fingerprint density at radius 1 is 1.37 bits per heavy atom. The topological polar surface area (TPSA) is 80.0 Å². The lowest BCUT2D eigenvalue weighted by Gasteiger charge is -2.15. The van der Waals surface area contributed by atoms with Gasteiger partial charge in [-0.15, -0.1) is 12.4 Å². The Labute approximate surface area is 120 Å². The molecule has 0 radical (unpaired) electrons. The highest BCUT2D eigenvalue weighted by Crippen LogP contribution is 1.99. The first-order valence-corrected chi connectivity index (χ1v) is 6.29. The molecule has 6 heteroatoms. The molecule has 0 aliphatic heterocycles. The maximum absolute atomic E-state index is 11.5. The third-order valence-electron chi connectivity index (χ3n) is 2.64. The van der Waals surface area contributed by atoms with E-state index in [1.54, 1.807) is 6.20 Å². The Morgan fingerprint density at radius 3 is 2.68 bits per heavy atom. The number of nitrogens with zero attached hydrogens (tertiary/aromatic N) is 1. The van der Waals surface area contributed by atoms with Crippen LogP contribution in [0.4, 0.5) is 5.82 Å². The van der Waals surface area contributed by atoms with E-state index in [2.05, 4.69) is 15.6 Å². The standard InChI is InChI=1S/C13H22N4O.ClH/c1-10(2)12(14)13(18)17-9-5-8-16-11-6-3-4-7-15-11;/h3-4,6-7,10,12H,5,8-9,14H2,1-2H3,(H,15,16)(H,17,18);1H/t12-;/m0./s1. The maximum Gasteiger partial charge on any atom is 0.237 e. The smallest absolute Gasteiger partial charge is 0.237 e. The van der Waals surface area contributed by atoms with Crippen molar-refractivity contribution in [3.8, 4) is 0 Å². The van der Waals surface area contributed by atoms with Gasteiger partial charge in [-0.1, -0.05) is 19.9 Å². The summed E-state index contributed by atoms with van der Waals surface area (Å²) in [4.78, 5) is 15.7. The molecule has 0 aliphatic carbocycles. The lowest BCUT2D eigenvalue weighted by atomic mass is 10.1.